The van der Waals surface area contributed by atoms with E-state index in [-0.39, 0.29) is 24.4 Å². The summed E-state index contributed by atoms with van der Waals surface area (Å²) in [4.78, 5) is 0. The van der Waals surface area contributed by atoms with E-state index in [4.69, 9.17) is 14.2 Å². The third kappa shape index (κ3) is 3.34. The summed E-state index contributed by atoms with van der Waals surface area (Å²) in [6.45, 7) is 2.25. The van der Waals surface area contributed by atoms with E-state index in [1.54, 1.807) is 0 Å². The predicted molar refractivity (Wildman–Crippen MR) is 80.5 cm³/mol. The number of aliphatic hydroxyl groups is 5. The van der Waals surface area contributed by atoms with Gasteiger partial charge in [0.2, 0.25) is 0 Å². The average molecular weight is 348 g/mol. The van der Waals surface area contributed by atoms with E-state index in [1.165, 1.54) is 0 Å². The van der Waals surface area contributed by atoms with E-state index < -0.39 is 43.6 Å². The summed E-state index contributed by atoms with van der Waals surface area (Å²) in [5.41, 5.74) is 0. The fraction of sp³-hybridized carbons (Fsp3) is 1.00. The molecule has 1 aliphatic carbocycles. The van der Waals surface area contributed by atoms with Gasteiger partial charge in [-0.3, -0.25) is 0 Å². The van der Waals surface area contributed by atoms with E-state index in [1.807, 2.05) is 0 Å². The van der Waals surface area contributed by atoms with Crippen molar-refractivity contribution in [1.82, 2.24) is 0 Å². The van der Waals surface area contributed by atoms with Gasteiger partial charge < -0.3 is 39.7 Å². The predicted octanol–water partition coefficient (Wildman–Crippen LogP) is -1.57. The number of rotatable bonds is 4. The summed E-state index contributed by atoms with van der Waals surface area (Å²) >= 11 is 0. The van der Waals surface area contributed by atoms with Crippen LogP contribution in [0.25, 0.3) is 0 Å². The summed E-state index contributed by atoms with van der Waals surface area (Å²) < 4.78 is 16.5. The van der Waals surface area contributed by atoms with Crippen LogP contribution in [-0.4, -0.2) is 82.3 Å². The second-order valence-corrected chi connectivity index (χ2v) is 7.31. The molecule has 3 fully saturated rings. The van der Waals surface area contributed by atoms with Crippen molar-refractivity contribution in [3.8, 4) is 0 Å². The van der Waals surface area contributed by atoms with Crippen LogP contribution in [0.1, 0.15) is 19.8 Å². The third-order valence-corrected chi connectivity index (χ3v) is 5.85. The molecule has 8 nitrogen and oxygen atoms in total. The lowest BCUT2D eigenvalue weighted by Gasteiger charge is -2.42. The van der Waals surface area contributed by atoms with Gasteiger partial charge in [-0.25, -0.2) is 0 Å². The molecule has 0 spiro atoms. The van der Waals surface area contributed by atoms with Gasteiger partial charge in [0, 0.05) is 11.8 Å². The van der Waals surface area contributed by atoms with Crippen molar-refractivity contribution >= 4 is 0 Å². The van der Waals surface area contributed by atoms with E-state index in [9.17, 15) is 25.5 Å². The molecule has 140 valence electrons. The van der Waals surface area contributed by atoms with Crippen molar-refractivity contribution in [2.24, 2.45) is 23.7 Å². The van der Waals surface area contributed by atoms with Gasteiger partial charge in [-0.2, -0.15) is 0 Å². The molecule has 1 saturated carbocycles. The molecule has 3 rings (SSSR count). The van der Waals surface area contributed by atoms with Gasteiger partial charge in [-0.1, -0.05) is 6.92 Å². The molecule has 10 atom stereocenters. The Balaban J connectivity index is 1.59. The number of hydrogen-bond donors (Lipinski definition) is 5. The quantitative estimate of drug-likeness (QED) is 0.412. The lowest BCUT2D eigenvalue weighted by molar-refractivity contribution is -0.307. The van der Waals surface area contributed by atoms with Crippen molar-refractivity contribution in [3.63, 3.8) is 0 Å². The highest BCUT2D eigenvalue weighted by molar-refractivity contribution is 4.92. The first-order valence-corrected chi connectivity index (χ1v) is 8.65. The Bertz CT molecular complexity index is 417. The Hall–Kier alpha value is -0.320. The molecule has 2 saturated heterocycles. The van der Waals surface area contributed by atoms with Crippen molar-refractivity contribution in [2.45, 2.75) is 56.8 Å². The van der Waals surface area contributed by atoms with Gasteiger partial charge in [0.25, 0.3) is 0 Å². The fourth-order valence-electron chi connectivity index (χ4n) is 4.36. The van der Waals surface area contributed by atoms with E-state index in [0.29, 0.717) is 12.5 Å². The highest BCUT2D eigenvalue weighted by Gasteiger charge is 2.48. The maximum absolute atomic E-state index is 10.0. The topological polar surface area (TPSA) is 129 Å². The first-order chi connectivity index (χ1) is 11.4. The zero-order chi connectivity index (χ0) is 17.4. The molecule has 2 heterocycles. The standard InChI is InChI=1S/C16H28O8/c1-7-2-3-9-8(5-22-15(21)11(7)9)6-23-16-14(20)13(19)12(18)10(4-17)24-16/h7-21H,2-6H2,1H3/t7-,8-,9-,10-,11-,12-,13+,14-,15-,16-/m1/s1. The maximum Gasteiger partial charge on any atom is 0.186 e. The summed E-state index contributed by atoms with van der Waals surface area (Å²) in [5.74, 6) is 0.826. The van der Waals surface area contributed by atoms with Gasteiger partial charge in [0.15, 0.2) is 12.6 Å². The summed E-state index contributed by atoms with van der Waals surface area (Å²) in [6.07, 6.45) is -5.03. The highest BCUT2D eigenvalue weighted by Crippen LogP contribution is 2.46. The highest BCUT2D eigenvalue weighted by atomic mass is 16.7. The van der Waals surface area contributed by atoms with Crippen molar-refractivity contribution in [1.29, 1.82) is 0 Å². The summed E-state index contributed by atoms with van der Waals surface area (Å²) in [5, 5.41) is 48.8. The number of fused-ring (bicyclic) bond motifs is 1. The molecule has 0 aromatic heterocycles. The molecular formula is C16H28O8. The van der Waals surface area contributed by atoms with Crippen LogP contribution in [0.5, 0.6) is 0 Å². The minimum absolute atomic E-state index is 0.0655. The van der Waals surface area contributed by atoms with Crippen LogP contribution >= 0.6 is 0 Å². The Morgan fingerprint density at radius 1 is 1.04 bits per heavy atom. The van der Waals surface area contributed by atoms with Crippen LogP contribution in [0, 0.1) is 23.7 Å². The Morgan fingerprint density at radius 3 is 2.50 bits per heavy atom. The van der Waals surface area contributed by atoms with E-state index >= 15 is 0 Å². The molecule has 3 aliphatic rings. The average Bonchev–Trinajstić information content (AvgIpc) is 2.97. The van der Waals surface area contributed by atoms with Gasteiger partial charge in [0.05, 0.1) is 19.8 Å². The summed E-state index contributed by atoms with van der Waals surface area (Å²) in [7, 11) is 0. The second kappa shape index (κ2) is 7.51. The Kier molecular flexibility index (Phi) is 5.78. The second-order valence-electron chi connectivity index (χ2n) is 7.31. The molecule has 0 bridgehead atoms. The van der Waals surface area contributed by atoms with Crippen LogP contribution in [0.4, 0.5) is 0 Å². The minimum Gasteiger partial charge on any atom is -0.394 e. The molecule has 24 heavy (non-hydrogen) atoms. The largest absolute Gasteiger partial charge is 0.394 e. The Labute approximate surface area is 141 Å². The Morgan fingerprint density at radius 2 is 1.79 bits per heavy atom. The SMILES string of the molecule is C[C@@H]1CC[C@@H]2[C@@H](CO[C@@H]3O[C@H](CO)[C@@H](O)[C@H](O)[C@H]3O)CO[C@@H](O)[C@@H]21. The van der Waals surface area contributed by atoms with Crippen LogP contribution in [0.3, 0.4) is 0 Å². The van der Waals surface area contributed by atoms with Gasteiger partial charge in [-0.05, 0) is 24.7 Å². The van der Waals surface area contributed by atoms with Crippen LogP contribution in [0.2, 0.25) is 0 Å². The van der Waals surface area contributed by atoms with Gasteiger partial charge in [-0.15, -0.1) is 0 Å². The first kappa shape index (κ1) is 18.5. The van der Waals surface area contributed by atoms with E-state index in [2.05, 4.69) is 6.92 Å². The summed E-state index contributed by atoms with van der Waals surface area (Å²) in [6, 6.07) is 0. The number of aliphatic hydroxyl groups excluding tert-OH is 5. The molecule has 5 N–H and O–H groups in total. The molecule has 2 aliphatic heterocycles. The monoisotopic (exact) mass is 348 g/mol. The zero-order valence-corrected chi connectivity index (χ0v) is 13.8. The molecule has 0 aromatic rings. The molecular weight excluding hydrogens is 320 g/mol. The normalized spacial score (nSPS) is 52.2. The zero-order valence-electron chi connectivity index (χ0n) is 13.8. The van der Waals surface area contributed by atoms with Crippen LogP contribution in [0.15, 0.2) is 0 Å². The molecule has 8 heteroatoms. The van der Waals surface area contributed by atoms with E-state index in [0.717, 1.165) is 12.8 Å². The fourth-order valence-corrected chi connectivity index (χ4v) is 4.36. The lowest BCUT2D eigenvalue weighted by atomic mass is 9.79. The van der Waals surface area contributed by atoms with Gasteiger partial charge in [0.1, 0.15) is 24.4 Å². The van der Waals surface area contributed by atoms with Crippen LogP contribution in [-0.2, 0) is 14.2 Å². The smallest absolute Gasteiger partial charge is 0.186 e. The molecule has 0 aromatic carbocycles. The molecule has 0 amide bonds. The van der Waals surface area contributed by atoms with Crippen molar-refractivity contribution in [3.05, 3.63) is 0 Å². The minimum atomic E-state index is -1.44. The van der Waals surface area contributed by atoms with Crippen molar-refractivity contribution < 1.29 is 39.7 Å². The van der Waals surface area contributed by atoms with Crippen molar-refractivity contribution in [2.75, 3.05) is 19.8 Å². The van der Waals surface area contributed by atoms with Crippen LogP contribution < -0.4 is 0 Å². The maximum atomic E-state index is 10.0. The number of hydrogen-bond acceptors (Lipinski definition) is 8. The molecule has 0 unspecified atom stereocenters. The molecule has 0 radical (unpaired) electrons. The lowest BCUT2D eigenvalue weighted by Crippen LogP contribution is -2.59. The number of ether oxygens (including phenoxy) is 3. The first-order valence-electron chi connectivity index (χ1n) is 8.65. The third-order valence-electron chi connectivity index (χ3n) is 5.85. The van der Waals surface area contributed by atoms with Gasteiger partial charge >= 0.3 is 0 Å².